The first kappa shape index (κ1) is 15.2. The predicted molar refractivity (Wildman–Crippen MR) is 93.8 cm³/mol. The Kier molecular flexibility index (Phi) is 4.77. The summed E-state index contributed by atoms with van der Waals surface area (Å²) in [5, 5.41) is 4.76. The minimum atomic E-state index is 0.746. The second-order valence-electron chi connectivity index (χ2n) is 5.78. The van der Waals surface area contributed by atoms with Crippen molar-refractivity contribution in [3.63, 3.8) is 0 Å². The molecule has 1 aromatic carbocycles. The van der Waals surface area contributed by atoms with Crippen molar-refractivity contribution in [2.45, 2.75) is 52.1 Å². The number of hydrogen-bond acceptors (Lipinski definition) is 3. The fourth-order valence-corrected chi connectivity index (χ4v) is 4.30. The number of hydrogen-bond donors (Lipinski definition) is 1. The minimum absolute atomic E-state index is 0.746. The third-order valence-corrected chi connectivity index (χ3v) is 5.54. The number of nitrogens with zero attached hydrogens (tertiary/aromatic N) is 1. The first-order valence-corrected chi connectivity index (χ1v) is 9.26. The highest BCUT2D eigenvalue weighted by molar-refractivity contribution is 9.10. The van der Waals surface area contributed by atoms with Gasteiger partial charge >= 0.3 is 0 Å². The lowest BCUT2D eigenvalue weighted by Crippen LogP contribution is -2.15. The normalized spacial score (nSPS) is 14.6. The zero-order valence-corrected chi connectivity index (χ0v) is 15.0. The lowest BCUT2D eigenvalue weighted by Gasteiger charge is -2.02. The van der Waals surface area contributed by atoms with E-state index in [2.05, 4.69) is 53.3 Å². The van der Waals surface area contributed by atoms with Crippen molar-refractivity contribution < 1.29 is 0 Å². The summed E-state index contributed by atoms with van der Waals surface area (Å²) in [5.74, 6) is 0. The third kappa shape index (κ3) is 3.74. The first-order valence-electron chi connectivity index (χ1n) is 7.66. The van der Waals surface area contributed by atoms with E-state index < -0.39 is 0 Å². The Morgan fingerprint density at radius 3 is 2.86 bits per heavy atom. The van der Waals surface area contributed by atoms with Crippen molar-refractivity contribution in [1.82, 2.24) is 10.3 Å². The van der Waals surface area contributed by atoms with E-state index in [1.54, 1.807) is 0 Å². The van der Waals surface area contributed by atoms with Crippen LogP contribution in [0.25, 0.3) is 10.6 Å². The summed E-state index contributed by atoms with van der Waals surface area (Å²) in [6.45, 7) is 5.31. The largest absolute Gasteiger partial charge is 0.309 e. The Labute approximate surface area is 139 Å². The van der Waals surface area contributed by atoms with E-state index in [0.717, 1.165) is 34.9 Å². The third-order valence-electron chi connectivity index (χ3n) is 3.75. The van der Waals surface area contributed by atoms with Gasteiger partial charge in [0.1, 0.15) is 5.01 Å². The summed E-state index contributed by atoms with van der Waals surface area (Å²) in [6, 6.07) is 7.24. The molecule has 0 radical (unpaired) electrons. The number of benzene rings is 1. The zero-order chi connectivity index (χ0) is 14.8. The summed E-state index contributed by atoms with van der Waals surface area (Å²) >= 11 is 5.52. The van der Waals surface area contributed by atoms with E-state index in [-0.39, 0.29) is 0 Å². The van der Waals surface area contributed by atoms with E-state index in [4.69, 9.17) is 4.98 Å². The van der Waals surface area contributed by atoms with Gasteiger partial charge in [-0.3, -0.25) is 0 Å². The number of nitrogens with one attached hydrogen (secondary N) is 1. The van der Waals surface area contributed by atoms with Crippen molar-refractivity contribution >= 4 is 27.3 Å². The highest BCUT2D eigenvalue weighted by Gasteiger charge is 2.22. The standard InChI is InChI=1S/C17H21BrN2S/c1-3-4-15-16(10-19-12-6-7-12)21-17(20-15)13-8-5-11(2)9-14(13)18/h5,8-9,12,19H,3-4,6-7,10H2,1-2H3. The van der Waals surface area contributed by atoms with Crippen molar-refractivity contribution in [3.8, 4) is 10.6 Å². The smallest absolute Gasteiger partial charge is 0.125 e. The van der Waals surface area contributed by atoms with E-state index in [1.165, 1.54) is 34.5 Å². The van der Waals surface area contributed by atoms with Crippen LogP contribution in [0, 0.1) is 6.92 Å². The van der Waals surface area contributed by atoms with Crippen LogP contribution in [0.4, 0.5) is 0 Å². The number of aromatic nitrogens is 1. The van der Waals surface area contributed by atoms with Crippen LogP contribution in [0.15, 0.2) is 22.7 Å². The maximum absolute atomic E-state index is 4.91. The Balaban J connectivity index is 1.88. The Hall–Kier alpha value is -0.710. The second-order valence-corrected chi connectivity index (χ2v) is 7.72. The van der Waals surface area contributed by atoms with Gasteiger partial charge in [0.25, 0.3) is 0 Å². The molecule has 1 saturated carbocycles. The minimum Gasteiger partial charge on any atom is -0.309 e. The number of rotatable bonds is 6. The van der Waals surface area contributed by atoms with Gasteiger partial charge in [-0.25, -0.2) is 4.98 Å². The van der Waals surface area contributed by atoms with Crippen LogP contribution in [0.5, 0.6) is 0 Å². The van der Waals surface area contributed by atoms with Gasteiger partial charge < -0.3 is 5.32 Å². The summed E-state index contributed by atoms with van der Waals surface area (Å²) in [6.07, 6.45) is 4.88. The number of halogens is 1. The van der Waals surface area contributed by atoms with Crippen LogP contribution in [0.2, 0.25) is 0 Å². The molecule has 2 aromatic rings. The summed E-state index contributed by atoms with van der Waals surface area (Å²) < 4.78 is 1.14. The lowest BCUT2D eigenvalue weighted by molar-refractivity contribution is 0.686. The SMILES string of the molecule is CCCc1nc(-c2ccc(C)cc2Br)sc1CNC1CC1. The molecule has 4 heteroatoms. The zero-order valence-electron chi connectivity index (χ0n) is 12.6. The average Bonchev–Trinajstić information content (AvgIpc) is 3.19. The quantitative estimate of drug-likeness (QED) is 0.772. The number of thiazole rings is 1. The highest BCUT2D eigenvalue weighted by atomic mass is 79.9. The molecule has 2 nitrogen and oxygen atoms in total. The molecule has 1 heterocycles. The van der Waals surface area contributed by atoms with E-state index in [1.807, 2.05) is 11.3 Å². The molecule has 0 aliphatic heterocycles. The topological polar surface area (TPSA) is 24.9 Å². The summed E-state index contributed by atoms with van der Waals surface area (Å²) in [5.41, 5.74) is 3.75. The molecular weight excluding hydrogens is 344 g/mol. The van der Waals surface area contributed by atoms with Crippen LogP contribution in [-0.2, 0) is 13.0 Å². The maximum Gasteiger partial charge on any atom is 0.125 e. The van der Waals surface area contributed by atoms with Crippen LogP contribution >= 0.6 is 27.3 Å². The maximum atomic E-state index is 4.91. The van der Waals surface area contributed by atoms with Crippen molar-refractivity contribution in [1.29, 1.82) is 0 Å². The molecule has 0 spiro atoms. The van der Waals surface area contributed by atoms with E-state index in [0.29, 0.717) is 0 Å². The molecular formula is C17H21BrN2S. The molecule has 1 aliphatic carbocycles. The average molecular weight is 365 g/mol. The molecule has 0 saturated heterocycles. The van der Waals surface area contributed by atoms with Gasteiger partial charge in [-0.1, -0.05) is 41.4 Å². The molecule has 0 atom stereocenters. The van der Waals surface area contributed by atoms with Crippen molar-refractivity contribution in [3.05, 3.63) is 38.8 Å². The van der Waals surface area contributed by atoms with Crippen LogP contribution < -0.4 is 5.32 Å². The highest BCUT2D eigenvalue weighted by Crippen LogP contribution is 2.34. The van der Waals surface area contributed by atoms with Gasteiger partial charge in [-0.05, 0) is 37.8 Å². The Morgan fingerprint density at radius 1 is 1.38 bits per heavy atom. The molecule has 3 rings (SSSR count). The molecule has 1 aliphatic rings. The molecule has 0 amide bonds. The molecule has 0 unspecified atom stereocenters. The fraction of sp³-hybridized carbons (Fsp3) is 0.471. The molecule has 21 heavy (non-hydrogen) atoms. The van der Waals surface area contributed by atoms with E-state index in [9.17, 15) is 0 Å². The van der Waals surface area contributed by atoms with Crippen LogP contribution in [-0.4, -0.2) is 11.0 Å². The molecule has 1 fully saturated rings. The molecule has 1 N–H and O–H groups in total. The van der Waals surface area contributed by atoms with Gasteiger partial charge in [-0.15, -0.1) is 11.3 Å². The van der Waals surface area contributed by atoms with Gasteiger partial charge in [0, 0.05) is 27.5 Å². The van der Waals surface area contributed by atoms with Crippen LogP contribution in [0.1, 0.15) is 42.3 Å². The first-order chi connectivity index (χ1) is 10.2. The van der Waals surface area contributed by atoms with Gasteiger partial charge in [0.05, 0.1) is 5.69 Å². The van der Waals surface area contributed by atoms with Crippen molar-refractivity contribution in [2.75, 3.05) is 0 Å². The molecule has 1 aromatic heterocycles. The molecule has 0 bridgehead atoms. The van der Waals surface area contributed by atoms with E-state index >= 15 is 0 Å². The Bertz CT molecular complexity index is 632. The monoisotopic (exact) mass is 364 g/mol. The summed E-state index contributed by atoms with van der Waals surface area (Å²) in [4.78, 5) is 6.32. The van der Waals surface area contributed by atoms with Crippen molar-refractivity contribution in [2.24, 2.45) is 0 Å². The molecule has 112 valence electrons. The van der Waals surface area contributed by atoms with Gasteiger partial charge in [0.15, 0.2) is 0 Å². The predicted octanol–water partition coefficient (Wildman–Crippen LogP) is 5.09. The number of aryl methyl sites for hydroxylation is 2. The van der Waals surface area contributed by atoms with Gasteiger partial charge in [-0.2, -0.15) is 0 Å². The summed E-state index contributed by atoms with van der Waals surface area (Å²) in [7, 11) is 0. The second kappa shape index (κ2) is 6.59. The van der Waals surface area contributed by atoms with Crippen LogP contribution in [0.3, 0.4) is 0 Å². The lowest BCUT2D eigenvalue weighted by atomic mass is 10.1. The Morgan fingerprint density at radius 2 is 2.19 bits per heavy atom. The fourth-order valence-electron chi connectivity index (χ4n) is 2.39. The van der Waals surface area contributed by atoms with Gasteiger partial charge in [0.2, 0.25) is 0 Å².